The Morgan fingerprint density at radius 1 is 1.33 bits per heavy atom. The monoisotopic (exact) mass is 501 g/mol. The molecule has 2 atom stereocenters. The van der Waals surface area contributed by atoms with Crippen LogP contribution in [0.5, 0.6) is 0 Å². The number of ether oxygens (including phenoxy) is 1. The fraction of sp³-hybridized carbons (Fsp3) is 0.600. The molecule has 0 bridgehead atoms. The largest absolute Gasteiger partial charge is 0.377 e. The topological polar surface area (TPSA) is 89.6 Å². The number of hydrogen-bond acceptors (Lipinski definition) is 6. The van der Waals surface area contributed by atoms with Crippen LogP contribution in [0.3, 0.4) is 0 Å². The minimum absolute atomic E-state index is 0.156. The van der Waals surface area contributed by atoms with Gasteiger partial charge in [0.15, 0.2) is 5.65 Å². The third-order valence-corrected chi connectivity index (χ3v) is 7.39. The van der Waals surface area contributed by atoms with Gasteiger partial charge in [-0.05, 0) is 45.6 Å². The quantitative estimate of drug-likeness (QED) is 0.553. The first-order chi connectivity index (χ1) is 17.3. The highest BCUT2D eigenvalue weighted by atomic mass is 19.3. The summed E-state index contributed by atoms with van der Waals surface area (Å²) < 4.78 is 36.8. The number of aromatic nitrogens is 5. The number of imidazole rings is 1. The molecule has 1 N–H and O–H groups in total. The normalized spacial score (nSPS) is 21.6. The maximum Gasteiger partial charge on any atom is 0.270 e. The van der Waals surface area contributed by atoms with E-state index in [1.54, 1.807) is 21.5 Å². The van der Waals surface area contributed by atoms with E-state index in [1.807, 2.05) is 26.1 Å². The van der Waals surface area contributed by atoms with Crippen LogP contribution >= 0.6 is 0 Å². The molecule has 11 heteroatoms. The third kappa shape index (κ3) is 4.80. The van der Waals surface area contributed by atoms with Crippen LogP contribution in [0.1, 0.15) is 67.4 Å². The van der Waals surface area contributed by atoms with Crippen molar-refractivity contribution in [3.63, 3.8) is 0 Å². The molecule has 3 aromatic heterocycles. The van der Waals surface area contributed by atoms with E-state index >= 15 is 0 Å². The number of carbonyl (C=O) groups excluding carboxylic acids is 1. The fourth-order valence-corrected chi connectivity index (χ4v) is 5.37. The summed E-state index contributed by atoms with van der Waals surface area (Å²) in [5, 5.41) is 12.0. The van der Waals surface area contributed by atoms with E-state index in [0.29, 0.717) is 49.6 Å². The zero-order valence-electron chi connectivity index (χ0n) is 21.0. The lowest BCUT2D eigenvalue weighted by atomic mass is 9.81. The van der Waals surface area contributed by atoms with Crippen molar-refractivity contribution in [2.75, 3.05) is 24.7 Å². The average Bonchev–Trinajstić information content (AvgIpc) is 3.49. The average molecular weight is 502 g/mol. The Morgan fingerprint density at radius 3 is 2.83 bits per heavy atom. The Bertz CT molecular complexity index is 1230. The second-order valence-corrected chi connectivity index (χ2v) is 9.88. The van der Waals surface area contributed by atoms with Crippen LogP contribution in [-0.2, 0) is 11.3 Å². The lowest BCUT2D eigenvalue weighted by Crippen LogP contribution is -2.44. The van der Waals surface area contributed by atoms with Gasteiger partial charge in [-0.3, -0.25) is 9.48 Å². The van der Waals surface area contributed by atoms with Gasteiger partial charge in [0, 0.05) is 44.2 Å². The van der Waals surface area contributed by atoms with Crippen molar-refractivity contribution in [1.29, 1.82) is 0 Å². The predicted octanol–water partition coefficient (Wildman–Crippen LogP) is 3.78. The Labute approximate surface area is 208 Å². The fourth-order valence-electron chi connectivity index (χ4n) is 5.37. The third-order valence-electron chi connectivity index (χ3n) is 7.39. The van der Waals surface area contributed by atoms with E-state index < -0.39 is 12.0 Å². The number of hydrogen-bond donors (Lipinski definition) is 1. The van der Waals surface area contributed by atoms with Gasteiger partial charge < -0.3 is 15.0 Å². The molecule has 1 aliphatic heterocycles. The Balaban J connectivity index is 1.48. The van der Waals surface area contributed by atoms with Gasteiger partial charge in [-0.25, -0.2) is 18.3 Å². The van der Waals surface area contributed by atoms with Crippen LogP contribution < -0.4 is 10.2 Å². The zero-order valence-corrected chi connectivity index (χ0v) is 21.0. The molecule has 3 aromatic rings. The van der Waals surface area contributed by atoms with Gasteiger partial charge in [0.25, 0.3) is 5.91 Å². The van der Waals surface area contributed by atoms with Crippen molar-refractivity contribution in [2.45, 2.75) is 71.0 Å². The summed E-state index contributed by atoms with van der Waals surface area (Å²) in [6.07, 6.45) is 3.62. The molecule has 2 fully saturated rings. The van der Waals surface area contributed by atoms with E-state index in [9.17, 15) is 13.6 Å². The molecular weight excluding hydrogens is 468 g/mol. The van der Waals surface area contributed by atoms with Crippen LogP contribution in [0.2, 0.25) is 0 Å². The molecule has 2 aliphatic rings. The number of rotatable bonds is 6. The summed E-state index contributed by atoms with van der Waals surface area (Å²) in [7, 11) is 0. The summed E-state index contributed by atoms with van der Waals surface area (Å²) in [6, 6.07) is 3.38. The number of fused-ring (bicyclic) bond motifs is 1. The maximum atomic E-state index is 14.0. The summed E-state index contributed by atoms with van der Waals surface area (Å²) in [4.78, 5) is 20.3. The van der Waals surface area contributed by atoms with Gasteiger partial charge in [-0.1, -0.05) is 0 Å². The molecule has 36 heavy (non-hydrogen) atoms. The minimum Gasteiger partial charge on any atom is -0.377 e. The van der Waals surface area contributed by atoms with Crippen molar-refractivity contribution in [3.05, 3.63) is 41.6 Å². The van der Waals surface area contributed by atoms with Crippen LogP contribution in [-0.4, -0.2) is 62.0 Å². The number of aryl methyl sites for hydroxylation is 2. The summed E-state index contributed by atoms with van der Waals surface area (Å²) in [5.41, 5.74) is 3.58. The first-order valence-electron chi connectivity index (χ1n) is 12.7. The molecule has 2 unspecified atom stereocenters. The number of morpholine rings is 1. The molecule has 1 saturated carbocycles. The summed E-state index contributed by atoms with van der Waals surface area (Å²) in [6.45, 7) is 8.62. The molecule has 1 aliphatic carbocycles. The molecule has 1 saturated heterocycles. The first kappa shape index (κ1) is 24.6. The van der Waals surface area contributed by atoms with E-state index in [2.05, 4.69) is 22.2 Å². The van der Waals surface area contributed by atoms with Crippen LogP contribution in [0.15, 0.2) is 24.5 Å². The number of nitrogens with zero attached hydrogens (tertiary/aromatic N) is 6. The number of halogens is 2. The Hall–Kier alpha value is -3.08. The van der Waals surface area contributed by atoms with E-state index in [0.717, 1.165) is 17.9 Å². The standard InChI is InChI=1S/C25H33F2N7O2/c1-4-33-20(7-10-28-33)24(35)30-23(18-5-8-25(26,27)9-6-18)19-14-34-22(29-19)13-21(17(3)31-34)32-11-12-36-15-16(32)2/h7,10,13-14,16,18,23H,4-6,8-9,11-12,15H2,1-3H3,(H,30,35). The number of alkyl halides is 2. The molecule has 1 amide bonds. The Morgan fingerprint density at radius 2 is 2.11 bits per heavy atom. The van der Waals surface area contributed by atoms with Crippen molar-refractivity contribution in [1.82, 2.24) is 29.7 Å². The molecule has 5 rings (SSSR count). The molecule has 9 nitrogen and oxygen atoms in total. The first-order valence-corrected chi connectivity index (χ1v) is 12.7. The van der Waals surface area contributed by atoms with Gasteiger partial charge >= 0.3 is 0 Å². The van der Waals surface area contributed by atoms with Gasteiger partial charge in [0.1, 0.15) is 5.69 Å². The highest BCUT2D eigenvalue weighted by Gasteiger charge is 2.39. The molecular formula is C25H33F2N7O2. The number of amides is 1. The van der Waals surface area contributed by atoms with Crippen molar-refractivity contribution < 1.29 is 18.3 Å². The SMILES string of the molecule is CCn1nccc1C(=O)NC(c1cn2nc(C)c(N3CCOCC3C)cc2n1)C1CCC(F)(F)CC1. The van der Waals surface area contributed by atoms with E-state index in [1.165, 1.54) is 0 Å². The van der Waals surface area contributed by atoms with E-state index in [-0.39, 0.29) is 30.7 Å². The van der Waals surface area contributed by atoms with Crippen molar-refractivity contribution in [2.24, 2.45) is 5.92 Å². The van der Waals surface area contributed by atoms with Crippen molar-refractivity contribution in [3.8, 4) is 0 Å². The minimum atomic E-state index is -2.66. The zero-order chi connectivity index (χ0) is 25.4. The lowest BCUT2D eigenvalue weighted by molar-refractivity contribution is -0.0495. The second-order valence-electron chi connectivity index (χ2n) is 9.88. The van der Waals surface area contributed by atoms with Crippen LogP contribution in [0.4, 0.5) is 14.5 Å². The van der Waals surface area contributed by atoms with Crippen LogP contribution in [0, 0.1) is 12.8 Å². The molecule has 194 valence electrons. The van der Waals surface area contributed by atoms with Gasteiger partial charge in [-0.15, -0.1) is 0 Å². The number of carbonyl (C=O) groups is 1. The number of nitrogens with one attached hydrogen (secondary N) is 1. The van der Waals surface area contributed by atoms with Gasteiger partial charge in [-0.2, -0.15) is 10.2 Å². The predicted molar refractivity (Wildman–Crippen MR) is 130 cm³/mol. The highest BCUT2D eigenvalue weighted by molar-refractivity contribution is 5.92. The summed E-state index contributed by atoms with van der Waals surface area (Å²) in [5.74, 6) is -3.11. The molecule has 4 heterocycles. The summed E-state index contributed by atoms with van der Waals surface area (Å²) >= 11 is 0. The molecule has 0 spiro atoms. The van der Waals surface area contributed by atoms with Crippen LogP contribution in [0.25, 0.3) is 5.65 Å². The van der Waals surface area contributed by atoms with Crippen molar-refractivity contribution >= 4 is 17.2 Å². The highest BCUT2D eigenvalue weighted by Crippen LogP contribution is 2.41. The Kier molecular flexibility index (Phi) is 6.67. The maximum absolute atomic E-state index is 14.0. The molecule has 0 aromatic carbocycles. The number of anilines is 1. The lowest BCUT2D eigenvalue weighted by Gasteiger charge is -2.35. The molecule has 0 radical (unpaired) electrons. The van der Waals surface area contributed by atoms with Gasteiger partial charge in [0.2, 0.25) is 5.92 Å². The van der Waals surface area contributed by atoms with E-state index in [4.69, 9.17) is 14.8 Å². The smallest absolute Gasteiger partial charge is 0.270 e. The second kappa shape index (κ2) is 9.76. The van der Waals surface area contributed by atoms with Gasteiger partial charge in [0.05, 0.1) is 42.5 Å².